The fraction of sp³-hybridized carbons (Fsp3) is 0.571. The lowest BCUT2D eigenvalue weighted by atomic mass is 10.2. The number of ether oxygens (including phenoxy) is 2. The van der Waals surface area contributed by atoms with Crippen molar-refractivity contribution in [2.75, 3.05) is 14.2 Å². The van der Waals surface area contributed by atoms with Crippen molar-refractivity contribution in [3.05, 3.63) is 23.3 Å². The first-order chi connectivity index (χ1) is 8.69. The average Bonchev–Trinajstić information content (AvgIpc) is 2.39. The van der Waals surface area contributed by atoms with Crippen LogP contribution in [-0.2, 0) is 14.3 Å². The molecule has 0 atom stereocenters. The summed E-state index contributed by atoms with van der Waals surface area (Å²) in [7, 11) is 3.14. The number of carbonyl (C=O) groups is 1. The Morgan fingerprint density at radius 3 is 2.50 bits per heavy atom. The molecule has 102 valence electrons. The van der Waals surface area contributed by atoms with Gasteiger partial charge in [0.05, 0.1) is 19.9 Å². The molecule has 0 unspecified atom stereocenters. The number of nitrogens with zero attached hydrogens (tertiary/aromatic N) is 1. The normalized spacial score (nSPS) is 13.4. The highest BCUT2D eigenvalue weighted by atomic mass is 16.5. The van der Waals surface area contributed by atoms with E-state index in [1.54, 1.807) is 27.2 Å². The highest BCUT2D eigenvalue weighted by Gasteiger charge is 2.02. The van der Waals surface area contributed by atoms with Crippen LogP contribution in [0.15, 0.2) is 28.3 Å². The predicted molar refractivity (Wildman–Crippen MR) is 73.5 cm³/mol. The molecule has 0 bridgehead atoms. The van der Waals surface area contributed by atoms with Crippen molar-refractivity contribution in [3.8, 4) is 0 Å². The zero-order chi connectivity index (χ0) is 13.8. The van der Waals surface area contributed by atoms with Crippen LogP contribution in [0.25, 0.3) is 0 Å². The highest BCUT2D eigenvalue weighted by Crippen LogP contribution is 2.12. The van der Waals surface area contributed by atoms with Gasteiger partial charge in [0.1, 0.15) is 12.0 Å². The van der Waals surface area contributed by atoms with Gasteiger partial charge in [0, 0.05) is 18.7 Å². The summed E-state index contributed by atoms with van der Waals surface area (Å²) in [6.45, 7) is 3.93. The monoisotopic (exact) mass is 253 g/mol. The number of hydrogen-bond donors (Lipinski definition) is 0. The first kappa shape index (κ1) is 16.4. The zero-order valence-corrected chi connectivity index (χ0v) is 11.7. The number of rotatable bonds is 9. The molecule has 0 rings (SSSR count). The van der Waals surface area contributed by atoms with E-state index in [1.165, 1.54) is 0 Å². The van der Waals surface area contributed by atoms with Gasteiger partial charge in [0.2, 0.25) is 0 Å². The molecule has 0 aliphatic rings. The SMILES string of the molecule is CCCCC=N/C(=C/C(OC)=C(\C)OC)CC=O. The number of carbonyl (C=O) groups excluding carboxylic acids is 1. The Kier molecular flexibility index (Phi) is 9.64. The Hall–Kier alpha value is -1.58. The molecule has 0 aromatic carbocycles. The number of aldehydes is 1. The first-order valence-electron chi connectivity index (χ1n) is 6.15. The predicted octanol–water partition coefficient (Wildman–Crippen LogP) is 3.24. The van der Waals surface area contributed by atoms with E-state index in [0.717, 1.165) is 25.5 Å². The third-order valence-corrected chi connectivity index (χ3v) is 2.41. The summed E-state index contributed by atoms with van der Waals surface area (Å²) in [6.07, 6.45) is 7.82. The molecule has 0 aromatic heterocycles. The highest BCUT2D eigenvalue weighted by molar-refractivity contribution is 5.62. The number of allylic oxidation sites excluding steroid dienone is 3. The third kappa shape index (κ3) is 6.89. The zero-order valence-electron chi connectivity index (χ0n) is 11.7. The van der Waals surface area contributed by atoms with Crippen molar-refractivity contribution in [1.82, 2.24) is 0 Å². The minimum atomic E-state index is 0.270. The Bertz CT molecular complexity index is 330. The molecule has 0 aliphatic carbocycles. The van der Waals surface area contributed by atoms with E-state index in [2.05, 4.69) is 11.9 Å². The summed E-state index contributed by atoms with van der Waals surface area (Å²) in [5.41, 5.74) is 0.675. The van der Waals surface area contributed by atoms with E-state index >= 15 is 0 Å². The minimum Gasteiger partial charge on any atom is -0.498 e. The van der Waals surface area contributed by atoms with Crippen molar-refractivity contribution in [2.45, 2.75) is 39.5 Å². The van der Waals surface area contributed by atoms with Crippen LogP contribution in [0.1, 0.15) is 39.5 Å². The van der Waals surface area contributed by atoms with Gasteiger partial charge in [0.25, 0.3) is 0 Å². The van der Waals surface area contributed by atoms with E-state index in [9.17, 15) is 4.79 Å². The van der Waals surface area contributed by atoms with Gasteiger partial charge < -0.3 is 14.3 Å². The summed E-state index contributed by atoms with van der Waals surface area (Å²) in [5, 5.41) is 0. The smallest absolute Gasteiger partial charge is 0.157 e. The minimum absolute atomic E-state index is 0.270. The summed E-state index contributed by atoms with van der Waals surface area (Å²) in [5.74, 6) is 1.24. The van der Waals surface area contributed by atoms with Crippen LogP contribution in [0.5, 0.6) is 0 Å². The summed E-state index contributed by atoms with van der Waals surface area (Å²) >= 11 is 0. The molecule has 0 radical (unpaired) electrons. The Morgan fingerprint density at radius 1 is 1.28 bits per heavy atom. The lowest BCUT2D eigenvalue weighted by Gasteiger charge is -2.06. The van der Waals surface area contributed by atoms with Crippen LogP contribution in [0.3, 0.4) is 0 Å². The third-order valence-electron chi connectivity index (χ3n) is 2.41. The molecule has 0 heterocycles. The van der Waals surface area contributed by atoms with Crippen LogP contribution in [-0.4, -0.2) is 26.7 Å². The molecule has 18 heavy (non-hydrogen) atoms. The summed E-state index contributed by atoms with van der Waals surface area (Å²) < 4.78 is 10.3. The fourth-order valence-corrected chi connectivity index (χ4v) is 1.27. The van der Waals surface area contributed by atoms with Crippen molar-refractivity contribution < 1.29 is 14.3 Å². The number of methoxy groups -OCH3 is 2. The lowest BCUT2D eigenvalue weighted by Crippen LogP contribution is -1.93. The van der Waals surface area contributed by atoms with Gasteiger partial charge in [-0.1, -0.05) is 13.3 Å². The van der Waals surface area contributed by atoms with E-state index < -0.39 is 0 Å². The molecule has 4 heteroatoms. The van der Waals surface area contributed by atoms with E-state index in [1.807, 2.05) is 6.21 Å². The van der Waals surface area contributed by atoms with Gasteiger partial charge in [-0.15, -0.1) is 0 Å². The number of unbranched alkanes of at least 4 members (excludes halogenated alkanes) is 2. The van der Waals surface area contributed by atoms with E-state index in [4.69, 9.17) is 9.47 Å². The van der Waals surface area contributed by atoms with Crippen molar-refractivity contribution >= 4 is 12.5 Å². The second-order valence-electron chi connectivity index (χ2n) is 3.79. The van der Waals surface area contributed by atoms with Gasteiger partial charge in [-0.2, -0.15) is 0 Å². The van der Waals surface area contributed by atoms with Crippen molar-refractivity contribution in [1.29, 1.82) is 0 Å². The molecule has 0 saturated carbocycles. The summed E-state index contributed by atoms with van der Waals surface area (Å²) in [4.78, 5) is 14.9. The van der Waals surface area contributed by atoms with Gasteiger partial charge >= 0.3 is 0 Å². The average molecular weight is 253 g/mol. The van der Waals surface area contributed by atoms with Crippen LogP contribution in [0.2, 0.25) is 0 Å². The largest absolute Gasteiger partial charge is 0.498 e. The summed E-state index contributed by atoms with van der Waals surface area (Å²) in [6, 6.07) is 0. The topological polar surface area (TPSA) is 47.9 Å². The number of hydrogen-bond acceptors (Lipinski definition) is 4. The molecular formula is C14H23NO3. The molecule has 0 fully saturated rings. The standard InChI is InChI=1S/C14H23NO3/c1-5-6-7-9-15-13(8-10-16)11-14(18-4)12(2)17-3/h9-11H,5-8H2,1-4H3/b13-11+,14-12-,15-9?. The lowest BCUT2D eigenvalue weighted by molar-refractivity contribution is -0.107. The molecule has 4 nitrogen and oxygen atoms in total. The van der Waals surface area contributed by atoms with Crippen LogP contribution >= 0.6 is 0 Å². The second kappa shape index (κ2) is 10.6. The van der Waals surface area contributed by atoms with Crippen LogP contribution < -0.4 is 0 Å². The van der Waals surface area contributed by atoms with Gasteiger partial charge in [-0.25, -0.2) is 0 Å². The maximum atomic E-state index is 10.6. The molecular weight excluding hydrogens is 230 g/mol. The van der Waals surface area contributed by atoms with Gasteiger partial charge in [-0.3, -0.25) is 4.99 Å². The maximum absolute atomic E-state index is 10.6. The first-order valence-corrected chi connectivity index (χ1v) is 6.15. The Morgan fingerprint density at radius 2 is 2.00 bits per heavy atom. The van der Waals surface area contributed by atoms with Crippen LogP contribution in [0.4, 0.5) is 0 Å². The molecule has 0 spiro atoms. The van der Waals surface area contributed by atoms with Crippen molar-refractivity contribution in [3.63, 3.8) is 0 Å². The second-order valence-corrected chi connectivity index (χ2v) is 3.79. The molecule has 0 saturated heterocycles. The van der Waals surface area contributed by atoms with E-state index in [-0.39, 0.29) is 6.42 Å². The van der Waals surface area contributed by atoms with Crippen LogP contribution in [0, 0.1) is 0 Å². The Labute approximate surface area is 109 Å². The molecule has 0 aliphatic heterocycles. The van der Waals surface area contributed by atoms with Gasteiger partial charge in [-0.05, 0) is 19.8 Å². The van der Waals surface area contributed by atoms with E-state index in [0.29, 0.717) is 17.2 Å². The van der Waals surface area contributed by atoms with Crippen molar-refractivity contribution in [2.24, 2.45) is 4.99 Å². The quantitative estimate of drug-likeness (QED) is 0.208. The molecule has 0 amide bonds. The molecule has 0 N–H and O–H groups in total. The Balaban J connectivity index is 4.85. The fourth-order valence-electron chi connectivity index (χ4n) is 1.27. The van der Waals surface area contributed by atoms with Gasteiger partial charge in [0.15, 0.2) is 5.76 Å². The maximum Gasteiger partial charge on any atom is 0.157 e. The molecule has 0 aromatic rings. The number of aliphatic imine (C=N–C) groups is 1.